The predicted octanol–water partition coefficient (Wildman–Crippen LogP) is 4.44. The Balaban J connectivity index is 2.17. The Morgan fingerprint density at radius 2 is 2.06 bits per heavy atom. The summed E-state index contributed by atoms with van der Waals surface area (Å²) in [6.45, 7) is 2.34. The molecule has 1 aromatic carbocycles. The Morgan fingerprint density at radius 1 is 1.28 bits per heavy atom. The molecule has 96 valence electrons. The Morgan fingerprint density at radius 3 is 2.61 bits per heavy atom. The van der Waals surface area contributed by atoms with Crippen molar-refractivity contribution in [3.63, 3.8) is 0 Å². The van der Waals surface area contributed by atoms with E-state index in [-0.39, 0.29) is 6.10 Å². The van der Waals surface area contributed by atoms with Gasteiger partial charge in [-0.1, -0.05) is 23.2 Å². The summed E-state index contributed by atoms with van der Waals surface area (Å²) in [4.78, 5) is 1.02. The average molecular weight is 302 g/mol. The summed E-state index contributed by atoms with van der Waals surface area (Å²) in [5.74, 6) is 0.761. The summed E-state index contributed by atoms with van der Waals surface area (Å²) < 4.78 is 6.60. The molecule has 0 saturated heterocycles. The molecule has 0 saturated carbocycles. The Hall–Kier alpha value is -0.740. The van der Waals surface area contributed by atoms with E-state index in [1.165, 1.54) is 11.3 Å². The second kappa shape index (κ2) is 5.93. The van der Waals surface area contributed by atoms with Gasteiger partial charge in [0.15, 0.2) is 0 Å². The number of hydrogen-bond acceptors (Lipinski definition) is 3. The lowest BCUT2D eigenvalue weighted by Gasteiger charge is -2.16. The molecule has 5 heteroatoms. The fourth-order valence-corrected chi connectivity index (χ4v) is 2.80. The normalized spacial score (nSPS) is 12.4. The first-order valence-electron chi connectivity index (χ1n) is 5.48. The van der Waals surface area contributed by atoms with Gasteiger partial charge in [0.05, 0.1) is 4.34 Å². The van der Waals surface area contributed by atoms with E-state index in [0.29, 0.717) is 6.54 Å². The molecule has 2 rings (SSSR count). The van der Waals surface area contributed by atoms with Crippen molar-refractivity contribution in [1.29, 1.82) is 0 Å². The van der Waals surface area contributed by atoms with Gasteiger partial charge in [0, 0.05) is 16.4 Å². The first-order chi connectivity index (χ1) is 8.60. The zero-order valence-electron chi connectivity index (χ0n) is 9.82. The van der Waals surface area contributed by atoms with Crippen LogP contribution in [0.2, 0.25) is 9.36 Å². The number of benzene rings is 1. The van der Waals surface area contributed by atoms with E-state index in [0.717, 1.165) is 25.5 Å². The summed E-state index contributed by atoms with van der Waals surface area (Å²) in [5.41, 5.74) is 6.72. The summed E-state index contributed by atoms with van der Waals surface area (Å²) in [6, 6.07) is 9.35. The van der Waals surface area contributed by atoms with Gasteiger partial charge in [-0.2, -0.15) is 0 Å². The molecule has 0 aliphatic carbocycles. The minimum Gasteiger partial charge on any atom is -0.484 e. The number of rotatable bonds is 4. The molecule has 0 radical (unpaired) electrons. The molecule has 0 bridgehead atoms. The monoisotopic (exact) mass is 301 g/mol. The topological polar surface area (TPSA) is 35.2 Å². The van der Waals surface area contributed by atoms with Crippen LogP contribution in [0.25, 0.3) is 0 Å². The van der Waals surface area contributed by atoms with Crippen LogP contribution >= 0.6 is 34.5 Å². The van der Waals surface area contributed by atoms with Crippen LogP contribution < -0.4 is 10.5 Å². The average Bonchev–Trinajstić information content (AvgIpc) is 2.77. The SMILES string of the molecule is Cc1cc(OC(CN)c2ccc(Cl)s2)ccc1Cl. The van der Waals surface area contributed by atoms with Crippen LogP contribution in [-0.2, 0) is 0 Å². The second-order valence-corrected chi connectivity index (χ2v) is 6.05. The van der Waals surface area contributed by atoms with Crippen molar-refractivity contribution < 1.29 is 4.74 Å². The van der Waals surface area contributed by atoms with Crippen molar-refractivity contribution in [3.8, 4) is 5.75 Å². The zero-order chi connectivity index (χ0) is 13.1. The van der Waals surface area contributed by atoms with E-state index in [4.69, 9.17) is 33.7 Å². The summed E-state index contributed by atoms with van der Waals surface area (Å²) in [6.07, 6.45) is -0.178. The van der Waals surface area contributed by atoms with E-state index < -0.39 is 0 Å². The van der Waals surface area contributed by atoms with Crippen LogP contribution in [0.4, 0.5) is 0 Å². The summed E-state index contributed by atoms with van der Waals surface area (Å²) in [5, 5.41) is 0.728. The molecular weight excluding hydrogens is 289 g/mol. The molecule has 2 aromatic rings. The van der Waals surface area contributed by atoms with E-state index in [9.17, 15) is 0 Å². The number of nitrogens with two attached hydrogens (primary N) is 1. The van der Waals surface area contributed by atoms with Crippen molar-refractivity contribution in [2.75, 3.05) is 6.54 Å². The maximum atomic E-state index is 5.98. The van der Waals surface area contributed by atoms with Gasteiger partial charge in [-0.25, -0.2) is 0 Å². The molecule has 0 aliphatic rings. The minimum absolute atomic E-state index is 0.178. The molecular formula is C13H13Cl2NOS. The highest BCUT2D eigenvalue weighted by Gasteiger charge is 2.14. The lowest BCUT2D eigenvalue weighted by molar-refractivity contribution is 0.218. The molecule has 0 spiro atoms. The maximum Gasteiger partial charge on any atom is 0.145 e. The van der Waals surface area contributed by atoms with Gasteiger partial charge in [-0.3, -0.25) is 0 Å². The van der Waals surface area contributed by atoms with Gasteiger partial charge in [0.25, 0.3) is 0 Å². The van der Waals surface area contributed by atoms with Gasteiger partial charge >= 0.3 is 0 Å². The van der Waals surface area contributed by atoms with Crippen LogP contribution in [0, 0.1) is 6.92 Å². The highest BCUT2D eigenvalue weighted by atomic mass is 35.5. The molecule has 0 fully saturated rings. The van der Waals surface area contributed by atoms with Crippen molar-refractivity contribution in [2.45, 2.75) is 13.0 Å². The molecule has 1 unspecified atom stereocenters. The second-order valence-electron chi connectivity index (χ2n) is 3.90. The van der Waals surface area contributed by atoms with Crippen molar-refractivity contribution in [2.24, 2.45) is 5.73 Å². The molecule has 18 heavy (non-hydrogen) atoms. The number of hydrogen-bond donors (Lipinski definition) is 1. The standard InChI is InChI=1S/C13H13Cl2NOS/c1-8-6-9(2-3-10(8)14)17-11(7-16)12-4-5-13(15)18-12/h2-6,11H,7,16H2,1H3. The third kappa shape index (κ3) is 3.18. The fourth-order valence-electron chi connectivity index (χ4n) is 1.58. The maximum absolute atomic E-state index is 5.98. The minimum atomic E-state index is -0.178. The number of thiophene rings is 1. The zero-order valence-corrected chi connectivity index (χ0v) is 12.1. The van der Waals surface area contributed by atoms with Gasteiger partial charge in [0.1, 0.15) is 11.9 Å². The number of aryl methyl sites for hydroxylation is 1. The largest absolute Gasteiger partial charge is 0.484 e. The van der Waals surface area contributed by atoms with Crippen LogP contribution in [0.5, 0.6) is 5.75 Å². The van der Waals surface area contributed by atoms with Crippen molar-refractivity contribution in [3.05, 3.63) is 50.1 Å². The van der Waals surface area contributed by atoms with Crippen LogP contribution in [-0.4, -0.2) is 6.54 Å². The highest BCUT2D eigenvalue weighted by Crippen LogP contribution is 2.31. The quantitative estimate of drug-likeness (QED) is 0.906. The van der Waals surface area contributed by atoms with Gasteiger partial charge in [0.2, 0.25) is 0 Å². The molecule has 0 amide bonds. The molecule has 1 heterocycles. The number of ether oxygens (including phenoxy) is 1. The molecule has 2 nitrogen and oxygen atoms in total. The smallest absolute Gasteiger partial charge is 0.145 e. The van der Waals surface area contributed by atoms with Crippen molar-refractivity contribution >= 4 is 34.5 Å². The highest BCUT2D eigenvalue weighted by molar-refractivity contribution is 7.16. The Kier molecular flexibility index (Phi) is 4.51. The third-order valence-electron chi connectivity index (χ3n) is 2.53. The van der Waals surface area contributed by atoms with E-state index in [1.807, 2.05) is 37.3 Å². The van der Waals surface area contributed by atoms with Gasteiger partial charge in [-0.05, 0) is 42.8 Å². The van der Waals surface area contributed by atoms with E-state index in [2.05, 4.69) is 0 Å². The first-order valence-corrected chi connectivity index (χ1v) is 7.05. The summed E-state index contributed by atoms with van der Waals surface area (Å²) in [7, 11) is 0. The molecule has 2 N–H and O–H groups in total. The van der Waals surface area contributed by atoms with E-state index >= 15 is 0 Å². The molecule has 1 aromatic heterocycles. The Labute approximate surface area is 120 Å². The summed E-state index contributed by atoms with van der Waals surface area (Å²) >= 11 is 13.4. The lowest BCUT2D eigenvalue weighted by Crippen LogP contribution is -2.17. The lowest BCUT2D eigenvalue weighted by atomic mass is 10.2. The molecule has 1 atom stereocenters. The van der Waals surface area contributed by atoms with Gasteiger partial charge in [-0.15, -0.1) is 11.3 Å². The van der Waals surface area contributed by atoms with Crippen LogP contribution in [0.1, 0.15) is 16.5 Å². The van der Waals surface area contributed by atoms with E-state index in [1.54, 1.807) is 0 Å². The number of halogens is 2. The molecule has 0 aliphatic heterocycles. The Bertz CT molecular complexity index is 542. The van der Waals surface area contributed by atoms with Crippen LogP contribution in [0.15, 0.2) is 30.3 Å². The van der Waals surface area contributed by atoms with Crippen LogP contribution in [0.3, 0.4) is 0 Å². The van der Waals surface area contributed by atoms with Gasteiger partial charge < -0.3 is 10.5 Å². The van der Waals surface area contributed by atoms with Crippen molar-refractivity contribution in [1.82, 2.24) is 0 Å². The first kappa shape index (κ1) is 13.7. The fraction of sp³-hybridized carbons (Fsp3) is 0.231. The third-order valence-corrected chi connectivity index (χ3v) is 4.28. The predicted molar refractivity (Wildman–Crippen MR) is 77.9 cm³/mol.